The molecule has 0 spiro atoms. The zero-order chi connectivity index (χ0) is 18.7. The summed E-state index contributed by atoms with van der Waals surface area (Å²) in [7, 11) is 1.44. The topological polar surface area (TPSA) is 111 Å². The van der Waals surface area contributed by atoms with Crippen LogP contribution in [0.4, 0.5) is 5.82 Å². The van der Waals surface area contributed by atoms with E-state index in [-0.39, 0.29) is 18.1 Å². The third kappa shape index (κ3) is 3.70. The third-order valence-electron chi connectivity index (χ3n) is 4.66. The Balaban J connectivity index is 2.02. The van der Waals surface area contributed by atoms with Crippen molar-refractivity contribution in [2.24, 2.45) is 12.8 Å². The second-order valence-corrected chi connectivity index (χ2v) is 6.50. The number of nitrogens with one attached hydrogen (secondary N) is 2. The van der Waals surface area contributed by atoms with Crippen LogP contribution in [-0.4, -0.2) is 34.2 Å². The summed E-state index contributed by atoms with van der Waals surface area (Å²) in [4.78, 5) is 36.5. The highest BCUT2D eigenvalue weighted by Crippen LogP contribution is 2.14. The number of nitrogens with zero attached hydrogens (tertiary/aromatic N) is 2. The largest absolute Gasteiger partial charge is 0.367 e. The van der Waals surface area contributed by atoms with Gasteiger partial charge in [-0.1, -0.05) is 18.2 Å². The average molecular weight is 357 g/mol. The molecule has 1 fully saturated rings. The first-order chi connectivity index (χ1) is 12.5. The summed E-state index contributed by atoms with van der Waals surface area (Å²) in [6, 6.07) is 8.44. The molecular weight excluding hydrogens is 334 g/mol. The van der Waals surface area contributed by atoms with Gasteiger partial charge in [-0.15, -0.1) is 0 Å². The Bertz CT molecular complexity index is 925. The fraction of sp³-hybridized carbons (Fsp3) is 0.389. The Morgan fingerprint density at radius 2 is 2.12 bits per heavy atom. The fourth-order valence-corrected chi connectivity index (χ4v) is 3.20. The molecule has 8 heteroatoms. The number of aromatic nitrogens is 2. The monoisotopic (exact) mass is 357 g/mol. The maximum Gasteiger partial charge on any atom is 0.332 e. The molecule has 1 amide bonds. The van der Waals surface area contributed by atoms with Crippen LogP contribution >= 0.6 is 0 Å². The molecule has 0 saturated carbocycles. The summed E-state index contributed by atoms with van der Waals surface area (Å²) in [5, 5.41) is 6.59. The van der Waals surface area contributed by atoms with Crippen LogP contribution in [0.2, 0.25) is 0 Å². The van der Waals surface area contributed by atoms with Crippen LogP contribution < -0.4 is 27.6 Å². The van der Waals surface area contributed by atoms with Gasteiger partial charge in [0.15, 0.2) is 0 Å². The van der Waals surface area contributed by atoms with Crippen LogP contribution in [0.3, 0.4) is 0 Å². The molecule has 1 atom stereocenters. The molecule has 0 aliphatic carbocycles. The van der Waals surface area contributed by atoms with E-state index in [1.165, 1.54) is 17.7 Å². The van der Waals surface area contributed by atoms with Crippen molar-refractivity contribution in [3.05, 3.63) is 62.3 Å². The molecule has 2 heterocycles. The van der Waals surface area contributed by atoms with Gasteiger partial charge in [0.05, 0.1) is 6.54 Å². The maximum absolute atomic E-state index is 12.7. The lowest BCUT2D eigenvalue weighted by molar-refractivity contribution is 0.0999. The maximum atomic E-state index is 12.7. The molecule has 3 rings (SSSR count). The van der Waals surface area contributed by atoms with E-state index in [0.717, 1.165) is 30.5 Å². The molecule has 1 aliphatic rings. The van der Waals surface area contributed by atoms with Gasteiger partial charge < -0.3 is 16.4 Å². The van der Waals surface area contributed by atoms with Crippen LogP contribution in [0.15, 0.2) is 39.9 Å². The summed E-state index contributed by atoms with van der Waals surface area (Å²) in [6.45, 7) is 1.88. The number of hydrogen-bond donors (Lipinski definition) is 3. The van der Waals surface area contributed by atoms with Crippen molar-refractivity contribution in [1.29, 1.82) is 0 Å². The highest BCUT2D eigenvalue weighted by molar-refractivity contribution is 5.94. The summed E-state index contributed by atoms with van der Waals surface area (Å²) in [6.07, 6.45) is 1.98. The third-order valence-corrected chi connectivity index (χ3v) is 4.66. The lowest BCUT2D eigenvalue weighted by Crippen LogP contribution is -2.43. The lowest BCUT2D eigenvalue weighted by atomic mass is 10.1. The molecule has 1 aromatic heterocycles. The van der Waals surface area contributed by atoms with Crippen LogP contribution in [0.1, 0.15) is 28.8 Å². The molecule has 1 saturated heterocycles. The van der Waals surface area contributed by atoms with E-state index in [1.54, 1.807) is 24.3 Å². The number of hydrogen-bond acceptors (Lipinski definition) is 5. The molecule has 2 aromatic rings. The van der Waals surface area contributed by atoms with Gasteiger partial charge in [-0.2, -0.15) is 0 Å². The van der Waals surface area contributed by atoms with E-state index in [1.807, 2.05) is 0 Å². The predicted molar refractivity (Wildman–Crippen MR) is 99.5 cm³/mol. The first-order valence-corrected chi connectivity index (χ1v) is 8.63. The van der Waals surface area contributed by atoms with Crippen LogP contribution in [-0.2, 0) is 13.6 Å². The van der Waals surface area contributed by atoms with Crippen molar-refractivity contribution < 1.29 is 4.79 Å². The molecule has 1 aromatic carbocycles. The van der Waals surface area contributed by atoms with Crippen LogP contribution in [0, 0.1) is 0 Å². The van der Waals surface area contributed by atoms with E-state index in [2.05, 4.69) is 10.6 Å². The van der Waals surface area contributed by atoms with Gasteiger partial charge in [-0.3, -0.25) is 18.7 Å². The quantitative estimate of drug-likeness (QED) is 0.690. The Labute approximate surface area is 150 Å². The van der Waals surface area contributed by atoms with E-state index < -0.39 is 11.6 Å². The van der Waals surface area contributed by atoms with Crippen molar-refractivity contribution in [2.45, 2.75) is 25.4 Å². The van der Waals surface area contributed by atoms with Crippen LogP contribution in [0.25, 0.3) is 0 Å². The van der Waals surface area contributed by atoms with Crippen molar-refractivity contribution in [1.82, 2.24) is 14.5 Å². The molecule has 0 radical (unpaired) electrons. The van der Waals surface area contributed by atoms with E-state index in [4.69, 9.17) is 5.73 Å². The van der Waals surface area contributed by atoms with Crippen molar-refractivity contribution in [3.63, 3.8) is 0 Å². The molecule has 4 N–H and O–H groups in total. The van der Waals surface area contributed by atoms with Gasteiger partial charge in [-0.05, 0) is 31.0 Å². The van der Waals surface area contributed by atoms with Crippen molar-refractivity contribution >= 4 is 11.7 Å². The normalized spacial score (nSPS) is 17.0. The molecule has 1 aliphatic heterocycles. The Kier molecular flexibility index (Phi) is 5.22. The molecule has 0 unspecified atom stereocenters. The smallest absolute Gasteiger partial charge is 0.332 e. The first-order valence-electron chi connectivity index (χ1n) is 8.63. The second kappa shape index (κ2) is 7.57. The summed E-state index contributed by atoms with van der Waals surface area (Å²) in [5.74, 6) is -0.101. The minimum atomic E-state index is -0.551. The minimum absolute atomic E-state index is 0.132. The Morgan fingerprint density at radius 1 is 1.35 bits per heavy atom. The van der Waals surface area contributed by atoms with Crippen molar-refractivity contribution in [2.75, 3.05) is 18.4 Å². The number of anilines is 1. The molecule has 0 bridgehead atoms. The van der Waals surface area contributed by atoms with Gasteiger partial charge in [-0.25, -0.2) is 4.79 Å². The fourth-order valence-electron chi connectivity index (χ4n) is 3.20. The number of nitrogens with two attached hydrogens (primary N) is 1. The SMILES string of the molecule is Cn1c(=O)cc(N[C@@H]2CCCNC2)n(Cc2ccccc2C(N)=O)c1=O. The van der Waals surface area contributed by atoms with E-state index in [9.17, 15) is 14.4 Å². The number of carbonyl (C=O) groups is 1. The number of benzene rings is 1. The summed E-state index contributed by atoms with van der Waals surface area (Å²) < 4.78 is 2.52. The lowest BCUT2D eigenvalue weighted by Gasteiger charge is -2.26. The predicted octanol–water partition coefficient (Wildman–Crippen LogP) is -0.142. The molecule has 26 heavy (non-hydrogen) atoms. The zero-order valence-electron chi connectivity index (χ0n) is 14.7. The highest BCUT2D eigenvalue weighted by atomic mass is 16.2. The highest BCUT2D eigenvalue weighted by Gasteiger charge is 2.18. The van der Waals surface area contributed by atoms with Gasteiger partial charge in [0, 0.05) is 31.3 Å². The zero-order valence-corrected chi connectivity index (χ0v) is 14.7. The average Bonchev–Trinajstić information content (AvgIpc) is 2.64. The number of primary amides is 1. The number of piperidine rings is 1. The summed E-state index contributed by atoms with van der Waals surface area (Å²) >= 11 is 0. The molecule has 8 nitrogen and oxygen atoms in total. The standard InChI is InChI=1S/C18H23N5O3/c1-22-16(24)9-15(21-13-6-4-8-20-10-13)23(18(22)26)11-12-5-2-3-7-14(12)17(19)25/h2-3,5,7,9,13,20-21H,4,6,8,10-11H2,1H3,(H2,19,25)/t13-/m1/s1. The first kappa shape index (κ1) is 17.9. The van der Waals surface area contributed by atoms with Gasteiger partial charge in [0.25, 0.3) is 5.56 Å². The summed E-state index contributed by atoms with van der Waals surface area (Å²) in [5.41, 5.74) is 5.62. The van der Waals surface area contributed by atoms with E-state index >= 15 is 0 Å². The van der Waals surface area contributed by atoms with Gasteiger partial charge in [0.2, 0.25) is 5.91 Å². The molecule has 138 valence electrons. The Hall–Kier alpha value is -2.87. The van der Waals surface area contributed by atoms with Crippen molar-refractivity contribution in [3.8, 4) is 0 Å². The molecular formula is C18H23N5O3. The van der Waals surface area contributed by atoms with E-state index in [0.29, 0.717) is 16.9 Å². The van der Waals surface area contributed by atoms with Gasteiger partial charge in [0.1, 0.15) is 5.82 Å². The number of amides is 1. The minimum Gasteiger partial charge on any atom is -0.367 e. The number of carbonyl (C=O) groups excluding carboxylic acids is 1. The number of rotatable bonds is 5. The van der Waals surface area contributed by atoms with Crippen LogP contribution in [0.5, 0.6) is 0 Å². The van der Waals surface area contributed by atoms with Gasteiger partial charge >= 0.3 is 5.69 Å². The Morgan fingerprint density at radius 3 is 2.81 bits per heavy atom. The second-order valence-electron chi connectivity index (χ2n) is 6.50.